The Morgan fingerprint density at radius 3 is 2.73 bits per heavy atom. The van der Waals surface area contributed by atoms with E-state index < -0.39 is 0 Å². The fourth-order valence-corrected chi connectivity index (χ4v) is 5.50. The molecule has 37 heavy (non-hydrogen) atoms. The first-order valence-corrected chi connectivity index (χ1v) is 13.8. The zero-order valence-electron chi connectivity index (χ0n) is 22.1. The van der Waals surface area contributed by atoms with Gasteiger partial charge in [-0.3, -0.25) is 14.5 Å². The predicted octanol–water partition coefficient (Wildman–Crippen LogP) is 3.51. The molecule has 0 saturated carbocycles. The topological polar surface area (TPSA) is 93.2 Å². The molecule has 3 atom stereocenters. The van der Waals surface area contributed by atoms with Gasteiger partial charge in [0.05, 0.1) is 18.2 Å². The molecule has 4 rings (SSSR count). The molecule has 9 nitrogen and oxygen atoms in total. The maximum absolute atomic E-state index is 13.6. The van der Waals surface area contributed by atoms with Crippen molar-refractivity contribution in [1.82, 2.24) is 14.8 Å². The predicted molar refractivity (Wildman–Crippen MR) is 143 cm³/mol. The summed E-state index contributed by atoms with van der Waals surface area (Å²) in [5.41, 5.74) is 1.01. The van der Waals surface area contributed by atoms with E-state index in [0.29, 0.717) is 56.2 Å². The number of aromatic nitrogens is 1. The molecule has 2 aliphatic rings. The van der Waals surface area contributed by atoms with Crippen molar-refractivity contribution in [2.24, 2.45) is 11.8 Å². The van der Waals surface area contributed by atoms with Crippen LogP contribution in [0.5, 0.6) is 5.75 Å². The Balaban J connectivity index is 1.59. The normalized spacial score (nSPS) is 24.5. The Kier molecular flexibility index (Phi) is 9.53. The van der Waals surface area contributed by atoms with E-state index in [2.05, 4.69) is 29.0 Å². The van der Waals surface area contributed by atoms with Gasteiger partial charge in [-0.15, -0.1) is 11.3 Å². The van der Waals surface area contributed by atoms with Gasteiger partial charge in [0, 0.05) is 69.7 Å². The lowest BCUT2D eigenvalue weighted by molar-refractivity contribution is -0.122. The maximum atomic E-state index is 13.6. The lowest BCUT2D eigenvalue weighted by Gasteiger charge is -2.35. The number of methoxy groups -OCH3 is 1. The molecule has 0 aliphatic carbocycles. The van der Waals surface area contributed by atoms with Crippen LogP contribution in [0.4, 0.5) is 5.69 Å². The van der Waals surface area contributed by atoms with Crippen LogP contribution in [0.15, 0.2) is 29.8 Å². The summed E-state index contributed by atoms with van der Waals surface area (Å²) >= 11 is 1.64. The Hall–Kier alpha value is -2.53. The standard InChI is InChI=1S/C27H38N4O5S/c1-18-14-31(16-25-28-9-12-37-25)19(2)17-36-23-6-5-21(29-26(32)20-7-10-35-11-8-20)13-22(23)27(33)30(3)15-24(18)34-4/h5-6,9,12-13,18-20,24H,7-8,10-11,14-17H2,1-4H3,(H,29,32)/t18-,19+,24+/m1/s1. The number of carbonyl (C=O) groups is 2. The summed E-state index contributed by atoms with van der Waals surface area (Å²) in [4.78, 5) is 34.9. The maximum Gasteiger partial charge on any atom is 0.257 e. The van der Waals surface area contributed by atoms with Crippen LogP contribution in [0.1, 0.15) is 42.1 Å². The van der Waals surface area contributed by atoms with Crippen molar-refractivity contribution >= 4 is 28.8 Å². The molecular formula is C27H38N4O5S. The molecule has 202 valence electrons. The first-order valence-electron chi connectivity index (χ1n) is 12.9. The number of benzene rings is 1. The molecule has 1 saturated heterocycles. The Morgan fingerprint density at radius 1 is 1.24 bits per heavy atom. The van der Waals surface area contributed by atoms with Gasteiger partial charge in [0.15, 0.2) is 0 Å². The van der Waals surface area contributed by atoms with Crippen molar-refractivity contribution < 1.29 is 23.8 Å². The van der Waals surface area contributed by atoms with E-state index in [1.54, 1.807) is 48.6 Å². The highest BCUT2D eigenvalue weighted by molar-refractivity contribution is 7.09. The summed E-state index contributed by atoms with van der Waals surface area (Å²) in [6.07, 6.45) is 3.09. The number of carbonyl (C=O) groups excluding carboxylic acids is 2. The molecule has 0 radical (unpaired) electrons. The van der Waals surface area contributed by atoms with E-state index in [1.807, 2.05) is 11.6 Å². The van der Waals surface area contributed by atoms with E-state index in [9.17, 15) is 9.59 Å². The Morgan fingerprint density at radius 2 is 2.03 bits per heavy atom. The molecular weight excluding hydrogens is 492 g/mol. The van der Waals surface area contributed by atoms with Crippen LogP contribution >= 0.6 is 11.3 Å². The summed E-state index contributed by atoms with van der Waals surface area (Å²) in [5.74, 6) is 0.381. The summed E-state index contributed by atoms with van der Waals surface area (Å²) < 4.78 is 17.5. The third kappa shape index (κ3) is 7.07. The number of fused-ring (bicyclic) bond motifs is 1. The van der Waals surface area contributed by atoms with Crippen LogP contribution in [0.2, 0.25) is 0 Å². The van der Waals surface area contributed by atoms with Gasteiger partial charge in [0.1, 0.15) is 17.4 Å². The second-order valence-corrected chi connectivity index (χ2v) is 11.0. The van der Waals surface area contributed by atoms with Crippen molar-refractivity contribution in [1.29, 1.82) is 0 Å². The SMILES string of the molecule is CO[C@H]1CN(C)C(=O)c2cc(NC(=O)C3CCOCC3)ccc2OC[C@H](C)N(Cc2nccs2)C[C@H]1C. The van der Waals surface area contributed by atoms with E-state index in [0.717, 1.165) is 18.1 Å². The van der Waals surface area contributed by atoms with Crippen molar-refractivity contribution in [3.05, 3.63) is 40.3 Å². The third-order valence-electron chi connectivity index (χ3n) is 7.26. The smallest absolute Gasteiger partial charge is 0.257 e. The number of nitrogens with one attached hydrogen (secondary N) is 1. The molecule has 2 aliphatic heterocycles. The third-order valence-corrected chi connectivity index (χ3v) is 8.02. The van der Waals surface area contributed by atoms with E-state index in [4.69, 9.17) is 14.2 Å². The van der Waals surface area contributed by atoms with Crippen LogP contribution in [-0.4, -0.2) is 85.8 Å². The molecule has 1 aromatic heterocycles. The number of rotatable bonds is 5. The first kappa shape index (κ1) is 27.5. The zero-order valence-corrected chi connectivity index (χ0v) is 23.0. The Labute approximate surface area is 223 Å². The number of likely N-dealkylation sites (N-methyl/N-ethyl adjacent to an activating group) is 1. The monoisotopic (exact) mass is 530 g/mol. The number of amides is 2. The fraction of sp³-hybridized carbons (Fsp3) is 0.593. The van der Waals surface area contributed by atoms with Gasteiger partial charge >= 0.3 is 0 Å². The summed E-state index contributed by atoms with van der Waals surface area (Å²) in [5, 5.41) is 6.03. The van der Waals surface area contributed by atoms with Crippen molar-refractivity contribution in [3.63, 3.8) is 0 Å². The minimum Gasteiger partial charge on any atom is -0.491 e. The van der Waals surface area contributed by atoms with Crippen LogP contribution in [0.25, 0.3) is 0 Å². The van der Waals surface area contributed by atoms with Crippen molar-refractivity contribution in [3.8, 4) is 5.75 Å². The van der Waals surface area contributed by atoms with Crippen LogP contribution in [0, 0.1) is 11.8 Å². The number of nitrogens with zero attached hydrogens (tertiary/aromatic N) is 3. The average Bonchev–Trinajstić information content (AvgIpc) is 3.42. The van der Waals surface area contributed by atoms with Gasteiger partial charge in [-0.1, -0.05) is 6.92 Å². The van der Waals surface area contributed by atoms with E-state index in [1.165, 1.54) is 0 Å². The molecule has 1 fully saturated rings. The van der Waals surface area contributed by atoms with Crippen molar-refractivity contribution in [2.75, 3.05) is 52.4 Å². The van der Waals surface area contributed by atoms with Crippen LogP contribution in [-0.2, 0) is 20.8 Å². The largest absolute Gasteiger partial charge is 0.491 e. The second kappa shape index (κ2) is 12.8. The molecule has 2 amide bonds. The number of hydrogen-bond donors (Lipinski definition) is 1. The minimum absolute atomic E-state index is 0.0437. The second-order valence-electron chi connectivity index (χ2n) is 10.0. The number of thiazole rings is 1. The number of ether oxygens (including phenoxy) is 3. The molecule has 10 heteroatoms. The van der Waals surface area contributed by atoms with E-state index in [-0.39, 0.29) is 35.8 Å². The van der Waals surface area contributed by atoms with Gasteiger partial charge in [-0.05, 0) is 43.9 Å². The summed E-state index contributed by atoms with van der Waals surface area (Å²) in [6.45, 7) is 7.83. The van der Waals surface area contributed by atoms with Gasteiger partial charge in [-0.25, -0.2) is 4.98 Å². The van der Waals surface area contributed by atoms with Gasteiger partial charge < -0.3 is 24.4 Å². The minimum atomic E-state index is -0.167. The van der Waals surface area contributed by atoms with E-state index >= 15 is 0 Å². The molecule has 3 heterocycles. The summed E-state index contributed by atoms with van der Waals surface area (Å²) in [7, 11) is 3.47. The zero-order chi connectivity index (χ0) is 26.4. The molecule has 0 unspecified atom stereocenters. The lowest BCUT2D eigenvalue weighted by Crippen LogP contribution is -2.46. The van der Waals surface area contributed by atoms with Crippen LogP contribution < -0.4 is 10.1 Å². The molecule has 2 aromatic rings. The number of hydrogen-bond acceptors (Lipinski definition) is 8. The quantitative estimate of drug-likeness (QED) is 0.632. The Bertz CT molecular complexity index is 1040. The molecule has 0 spiro atoms. The first-order chi connectivity index (χ1) is 17.9. The molecule has 0 bridgehead atoms. The van der Waals surface area contributed by atoms with Crippen LogP contribution in [0.3, 0.4) is 0 Å². The highest BCUT2D eigenvalue weighted by atomic mass is 32.1. The highest BCUT2D eigenvalue weighted by Crippen LogP contribution is 2.28. The van der Waals surface area contributed by atoms with Gasteiger partial charge in [-0.2, -0.15) is 0 Å². The molecule has 1 aromatic carbocycles. The van der Waals surface area contributed by atoms with Gasteiger partial charge in [0.25, 0.3) is 5.91 Å². The highest BCUT2D eigenvalue weighted by Gasteiger charge is 2.29. The summed E-state index contributed by atoms with van der Waals surface area (Å²) in [6, 6.07) is 5.38. The fourth-order valence-electron chi connectivity index (χ4n) is 4.86. The lowest BCUT2D eigenvalue weighted by atomic mass is 9.99. The molecule has 1 N–H and O–H groups in total. The average molecular weight is 531 g/mol. The number of anilines is 1. The van der Waals surface area contributed by atoms with Crippen molar-refractivity contribution in [2.45, 2.75) is 45.4 Å². The van der Waals surface area contributed by atoms with Gasteiger partial charge in [0.2, 0.25) is 5.91 Å².